The number of rotatable bonds is 4. The number of carboxylic acid groups (broad SMARTS) is 1. The maximum Gasteiger partial charge on any atom is 0.313 e. The molecule has 7 heteroatoms. The van der Waals surface area contributed by atoms with Crippen LogP contribution in [0.1, 0.15) is 0 Å². The zero-order valence-electron chi connectivity index (χ0n) is 9.50. The molecule has 0 saturated heterocycles. The Balaban J connectivity index is 2.20. The summed E-state index contributed by atoms with van der Waals surface area (Å²) in [7, 11) is 0. The van der Waals surface area contributed by atoms with E-state index in [-0.39, 0.29) is 10.7 Å². The van der Waals surface area contributed by atoms with E-state index < -0.39 is 17.8 Å². The van der Waals surface area contributed by atoms with Gasteiger partial charge < -0.3 is 5.11 Å². The molecule has 1 heterocycles. The Morgan fingerprint density at radius 2 is 2.11 bits per heavy atom. The number of benzene rings is 1. The van der Waals surface area contributed by atoms with E-state index in [1.54, 1.807) is 18.2 Å². The van der Waals surface area contributed by atoms with Crippen LogP contribution in [-0.2, 0) is 14.4 Å². The molecule has 2 rings (SSSR count). The summed E-state index contributed by atoms with van der Waals surface area (Å²) in [6, 6.07) is 6.33. The Hall–Kier alpha value is -1.79. The number of hydrogen-bond acceptors (Lipinski definition) is 4. The van der Waals surface area contributed by atoms with Crippen molar-refractivity contribution in [3.8, 4) is 0 Å². The molecular weight excluding hydrogens is 290 g/mol. The van der Waals surface area contributed by atoms with Gasteiger partial charge in [-0.3, -0.25) is 14.4 Å². The molecule has 1 aromatic carbocycles. The predicted molar refractivity (Wildman–Crippen MR) is 72.1 cm³/mol. The highest BCUT2D eigenvalue weighted by molar-refractivity contribution is 8.04. The molecular formula is C12H8ClNO4S. The molecule has 2 amide bonds. The van der Waals surface area contributed by atoms with Crippen LogP contribution in [-0.4, -0.2) is 28.6 Å². The van der Waals surface area contributed by atoms with Crippen molar-refractivity contribution in [2.45, 2.75) is 0 Å². The summed E-state index contributed by atoms with van der Waals surface area (Å²) < 4.78 is 0. The van der Waals surface area contributed by atoms with Crippen molar-refractivity contribution in [2.24, 2.45) is 0 Å². The largest absolute Gasteiger partial charge is 0.481 e. The second-order valence-electron chi connectivity index (χ2n) is 3.65. The minimum Gasteiger partial charge on any atom is -0.481 e. The lowest BCUT2D eigenvalue weighted by atomic mass is 10.3. The molecule has 0 aromatic heterocycles. The summed E-state index contributed by atoms with van der Waals surface area (Å²) in [5.74, 6) is -2.35. The van der Waals surface area contributed by atoms with Crippen LogP contribution in [0.5, 0.6) is 0 Å². The standard InChI is InChI=1S/C12H8ClNO4S/c13-7-2-1-3-8(4-7)14-10(15)5-9(12(14)18)19-6-11(16)17/h1-5H,6H2,(H,16,17). The maximum absolute atomic E-state index is 12.0. The van der Waals surface area contributed by atoms with Gasteiger partial charge in [-0.15, -0.1) is 11.8 Å². The average molecular weight is 298 g/mol. The Kier molecular flexibility index (Phi) is 3.92. The van der Waals surface area contributed by atoms with E-state index in [0.29, 0.717) is 10.7 Å². The Labute approximate surface area is 117 Å². The fraction of sp³-hybridized carbons (Fsp3) is 0.0833. The number of nitrogens with zero attached hydrogens (tertiary/aromatic N) is 1. The van der Waals surface area contributed by atoms with Gasteiger partial charge in [0.1, 0.15) is 0 Å². The number of carbonyl (C=O) groups excluding carboxylic acids is 2. The number of carbonyl (C=O) groups is 3. The van der Waals surface area contributed by atoms with Crippen LogP contribution < -0.4 is 4.90 Å². The number of thioether (sulfide) groups is 1. The zero-order chi connectivity index (χ0) is 14.0. The number of aliphatic carboxylic acids is 1. The van der Waals surface area contributed by atoms with E-state index >= 15 is 0 Å². The molecule has 0 saturated carbocycles. The van der Waals surface area contributed by atoms with Crippen molar-refractivity contribution in [3.05, 3.63) is 40.3 Å². The van der Waals surface area contributed by atoms with Crippen LogP contribution in [0.3, 0.4) is 0 Å². The van der Waals surface area contributed by atoms with Gasteiger partial charge in [0.15, 0.2) is 0 Å². The molecule has 0 radical (unpaired) electrons. The van der Waals surface area contributed by atoms with Crippen LogP contribution in [0, 0.1) is 0 Å². The van der Waals surface area contributed by atoms with Gasteiger partial charge in [0, 0.05) is 11.1 Å². The Morgan fingerprint density at radius 1 is 1.37 bits per heavy atom. The van der Waals surface area contributed by atoms with Crippen molar-refractivity contribution in [1.29, 1.82) is 0 Å². The first-order valence-corrected chi connectivity index (χ1v) is 6.55. The van der Waals surface area contributed by atoms with Gasteiger partial charge in [-0.25, -0.2) is 4.90 Å². The minimum absolute atomic E-state index is 0.118. The van der Waals surface area contributed by atoms with Crippen molar-refractivity contribution in [3.63, 3.8) is 0 Å². The highest BCUT2D eigenvalue weighted by Crippen LogP contribution is 2.29. The SMILES string of the molecule is O=C(O)CSC1=CC(=O)N(c2cccc(Cl)c2)C1=O. The molecule has 0 fully saturated rings. The lowest BCUT2D eigenvalue weighted by Crippen LogP contribution is -2.30. The lowest BCUT2D eigenvalue weighted by molar-refractivity contribution is -0.134. The second kappa shape index (κ2) is 5.46. The van der Waals surface area contributed by atoms with Crippen molar-refractivity contribution in [2.75, 3.05) is 10.7 Å². The first-order valence-electron chi connectivity index (χ1n) is 5.19. The number of hydrogen-bond donors (Lipinski definition) is 1. The molecule has 1 aliphatic rings. The minimum atomic E-state index is -1.05. The van der Waals surface area contributed by atoms with Gasteiger partial charge in [-0.05, 0) is 18.2 Å². The smallest absolute Gasteiger partial charge is 0.313 e. The molecule has 1 N–H and O–H groups in total. The summed E-state index contributed by atoms with van der Waals surface area (Å²) in [6.45, 7) is 0. The van der Waals surface area contributed by atoms with Gasteiger partial charge >= 0.3 is 5.97 Å². The van der Waals surface area contributed by atoms with Gasteiger partial charge in [-0.1, -0.05) is 17.7 Å². The number of carboxylic acids is 1. The molecule has 19 heavy (non-hydrogen) atoms. The quantitative estimate of drug-likeness (QED) is 0.859. The first kappa shape index (κ1) is 13.6. The number of halogens is 1. The van der Waals surface area contributed by atoms with Crippen molar-refractivity contribution >= 4 is 46.8 Å². The zero-order valence-corrected chi connectivity index (χ0v) is 11.1. The van der Waals surface area contributed by atoms with Gasteiger partial charge in [0.05, 0.1) is 16.3 Å². The molecule has 0 unspecified atom stereocenters. The third kappa shape index (κ3) is 2.97. The first-order chi connectivity index (χ1) is 8.99. The molecule has 1 aromatic rings. The van der Waals surface area contributed by atoms with Crippen molar-refractivity contribution in [1.82, 2.24) is 0 Å². The lowest BCUT2D eigenvalue weighted by Gasteiger charge is -2.14. The molecule has 98 valence electrons. The molecule has 0 bridgehead atoms. The number of amides is 2. The van der Waals surface area contributed by atoms with Crippen LogP contribution >= 0.6 is 23.4 Å². The average Bonchev–Trinajstić information content (AvgIpc) is 2.62. The van der Waals surface area contributed by atoms with Crippen LogP contribution in [0.4, 0.5) is 5.69 Å². The summed E-state index contributed by atoms with van der Waals surface area (Å²) >= 11 is 6.63. The summed E-state index contributed by atoms with van der Waals surface area (Å²) in [6.07, 6.45) is 1.14. The summed E-state index contributed by atoms with van der Waals surface area (Å²) in [4.78, 5) is 35.3. The monoisotopic (exact) mass is 297 g/mol. The normalized spacial score (nSPS) is 14.8. The van der Waals surface area contributed by atoms with Crippen molar-refractivity contribution < 1.29 is 19.5 Å². The fourth-order valence-corrected chi connectivity index (χ4v) is 2.41. The second-order valence-corrected chi connectivity index (χ2v) is 5.10. The van der Waals surface area contributed by atoms with Crippen LogP contribution in [0.15, 0.2) is 35.2 Å². The topological polar surface area (TPSA) is 74.7 Å². The van der Waals surface area contributed by atoms with Crippen LogP contribution in [0.25, 0.3) is 0 Å². The van der Waals surface area contributed by atoms with E-state index in [9.17, 15) is 14.4 Å². The highest BCUT2D eigenvalue weighted by Gasteiger charge is 2.32. The molecule has 0 aliphatic carbocycles. The number of imide groups is 1. The molecule has 1 aliphatic heterocycles. The Bertz CT molecular complexity index is 599. The predicted octanol–water partition coefficient (Wildman–Crippen LogP) is 1.91. The third-order valence-electron chi connectivity index (χ3n) is 2.31. The Morgan fingerprint density at radius 3 is 2.74 bits per heavy atom. The third-order valence-corrected chi connectivity index (χ3v) is 3.54. The van der Waals surface area contributed by atoms with Gasteiger partial charge in [-0.2, -0.15) is 0 Å². The van der Waals surface area contributed by atoms with Crippen LogP contribution in [0.2, 0.25) is 5.02 Å². The number of anilines is 1. The van der Waals surface area contributed by atoms with E-state index in [1.165, 1.54) is 6.07 Å². The van der Waals surface area contributed by atoms with E-state index in [0.717, 1.165) is 22.7 Å². The van der Waals surface area contributed by atoms with E-state index in [4.69, 9.17) is 16.7 Å². The van der Waals surface area contributed by atoms with E-state index in [1.807, 2.05) is 0 Å². The molecule has 0 atom stereocenters. The highest BCUT2D eigenvalue weighted by atomic mass is 35.5. The fourth-order valence-electron chi connectivity index (χ4n) is 1.55. The van der Waals surface area contributed by atoms with Gasteiger partial charge in [0.25, 0.3) is 11.8 Å². The maximum atomic E-state index is 12.0. The summed E-state index contributed by atoms with van der Waals surface area (Å²) in [5, 5.41) is 8.98. The molecule has 5 nitrogen and oxygen atoms in total. The van der Waals surface area contributed by atoms with E-state index in [2.05, 4.69) is 0 Å². The summed E-state index contributed by atoms with van der Waals surface area (Å²) in [5.41, 5.74) is 0.365. The van der Waals surface area contributed by atoms with Gasteiger partial charge in [0.2, 0.25) is 0 Å². The molecule has 0 spiro atoms.